The average molecular weight is 250 g/mol. The molecule has 0 bridgehead atoms. The Hall–Kier alpha value is -1.02. The van der Waals surface area contributed by atoms with Gasteiger partial charge in [-0.15, -0.1) is 0 Å². The predicted octanol–water partition coefficient (Wildman–Crippen LogP) is 3.21. The van der Waals surface area contributed by atoms with Crippen molar-refractivity contribution in [1.82, 2.24) is 0 Å². The molecule has 2 aliphatic heterocycles. The van der Waals surface area contributed by atoms with Crippen molar-refractivity contribution in [1.29, 1.82) is 0 Å². The highest BCUT2D eigenvalue weighted by Gasteiger charge is 2.35. The molecule has 2 atom stereocenters. The van der Waals surface area contributed by atoms with Crippen molar-refractivity contribution in [3.63, 3.8) is 0 Å². The Morgan fingerprint density at radius 3 is 3.00 bits per heavy atom. The van der Waals surface area contributed by atoms with E-state index in [1.807, 2.05) is 6.07 Å². The maximum Gasteiger partial charge on any atom is 0.136 e. The van der Waals surface area contributed by atoms with Gasteiger partial charge in [0.25, 0.3) is 0 Å². The lowest BCUT2D eigenvalue weighted by Gasteiger charge is -2.45. The van der Waals surface area contributed by atoms with E-state index < -0.39 is 0 Å². The molecule has 0 aromatic heterocycles. The molecule has 0 spiro atoms. The number of hydrogen-bond acceptors (Lipinski definition) is 2. The third kappa shape index (κ3) is 1.85. The third-order valence-corrected chi connectivity index (χ3v) is 4.16. The first-order valence-corrected chi connectivity index (χ1v) is 6.61. The number of Topliss-reactive ketones (excluding diaryl/α,β-unsaturated/α-hetero) is 1. The van der Waals surface area contributed by atoms with Crippen LogP contribution in [0.3, 0.4) is 0 Å². The van der Waals surface area contributed by atoms with Gasteiger partial charge in [0, 0.05) is 35.6 Å². The standard InChI is InChI=1S/C14H16ClNO/c1-9-6-13(17)8-12-4-2-10-7-11(15)3-5-14(10)16(9)12/h3,5,7,9,12H,2,4,6,8H2,1H3/t9-,12-/m0/s1. The molecule has 0 radical (unpaired) electrons. The van der Waals surface area contributed by atoms with Crippen LogP contribution in [0.5, 0.6) is 0 Å². The Kier molecular flexibility index (Phi) is 2.62. The lowest BCUT2D eigenvalue weighted by Crippen LogP contribution is -2.50. The number of rotatable bonds is 0. The number of carbonyl (C=O) groups is 1. The van der Waals surface area contributed by atoms with Crippen LogP contribution in [0.1, 0.15) is 31.7 Å². The number of aryl methyl sites for hydroxylation is 1. The molecule has 1 fully saturated rings. The molecule has 0 saturated carbocycles. The minimum absolute atomic E-state index is 0.321. The van der Waals surface area contributed by atoms with E-state index in [0.717, 1.165) is 17.9 Å². The second kappa shape index (κ2) is 4.02. The third-order valence-electron chi connectivity index (χ3n) is 3.92. The molecule has 1 aromatic rings. The second-order valence-electron chi connectivity index (χ2n) is 5.17. The number of fused-ring (bicyclic) bond motifs is 3. The number of piperidine rings is 1. The molecule has 0 amide bonds. The molecular formula is C14H16ClNO. The fraction of sp³-hybridized carbons (Fsp3) is 0.500. The molecule has 0 aliphatic carbocycles. The van der Waals surface area contributed by atoms with Crippen molar-refractivity contribution >= 4 is 23.1 Å². The summed E-state index contributed by atoms with van der Waals surface area (Å²) in [6, 6.07) is 6.85. The summed E-state index contributed by atoms with van der Waals surface area (Å²) in [6.07, 6.45) is 3.51. The fourth-order valence-electron chi connectivity index (χ4n) is 3.24. The van der Waals surface area contributed by atoms with Gasteiger partial charge in [-0.3, -0.25) is 4.79 Å². The van der Waals surface area contributed by atoms with E-state index in [1.54, 1.807) is 0 Å². The van der Waals surface area contributed by atoms with Crippen molar-refractivity contribution in [2.45, 2.75) is 44.7 Å². The van der Waals surface area contributed by atoms with E-state index >= 15 is 0 Å². The molecule has 3 heteroatoms. The monoisotopic (exact) mass is 249 g/mol. The maximum atomic E-state index is 11.6. The molecule has 17 heavy (non-hydrogen) atoms. The van der Waals surface area contributed by atoms with E-state index in [1.165, 1.54) is 11.3 Å². The van der Waals surface area contributed by atoms with Gasteiger partial charge in [0.05, 0.1) is 0 Å². The van der Waals surface area contributed by atoms with E-state index in [0.29, 0.717) is 30.7 Å². The molecule has 1 saturated heterocycles. The molecule has 2 heterocycles. The molecule has 1 aromatic carbocycles. The van der Waals surface area contributed by atoms with Crippen LogP contribution in [0.4, 0.5) is 5.69 Å². The van der Waals surface area contributed by atoms with Gasteiger partial charge >= 0.3 is 0 Å². The largest absolute Gasteiger partial charge is 0.365 e. The Labute approximate surface area is 107 Å². The number of benzene rings is 1. The zero-order chi connectivity index (χ0) is 12.0. The number of ketones is 1. The van der Waals surface area contributed by atoms with Crippen molar-refractivity contribution in [3.8, 4) is 0 Å². The molecule has 0 unspecified atom stereocenters. The van der Waals surface area contributed by atoms with Gasteiger partial charge in [-0.05, 0) is 43.5 Å². The second-order valence-corrected chi connectivity index (χ2v) is 5.61. The minimum Gasteiger partial charge on any atom is -0.365 e. The highest BCUT2D eigenvalue weighted by Crippen LogP contribution is 2.38. The van der Waals surface area contributed by atoms with Gasteiger partial charge in [0.2, 0.25) is 0 Å². The zero-order valence-electron chi connectivity index (χ0n) is 9.95. The number of halogens is 1. The average Bonchev–Trinajstić information content (AvgIpc) is 2.28. The Bertz CT molecular complexity index is 471. The van der Waals surface area contributed by atoms with E-state index in [-0.39, 0.29) is 0 Å². The van der Waals surface area contributed by atoms with Crippen molar-refractivity contribution < 1.29 is 4.79 Å². The van der Waals surface area contributed by atoms with Gasteiger partial charge in [0.15, 0.2) is 0 Å². The maximum absolute atomic E-state index is 11.6. The van der Waals surface area contributed by atoms with Crippen LogP contribution >= 0.6 is 11.6 Å². The van der Waals surface area contributed by atoms with Gasteiger partial charge in [0.1, 0.15) is 5.78 Å². The van der Waals surface area contributed by atoms with Gasteiger partial charge in [-0.25, -0.2) is 0 Å². The Balaban J connectivity index is 2.02. The van der Waals surface area contributed by atoms with E-state index in [2.05, 4.69) is 24.0 Å². The van der Waals surface area contributed by atoms with Crippen LogP contribution in [0.25, 0.3) is 0 Å². The van der Waals surface area contributed by atoms with Crippen molar-refractivity contribution in [2.24, 2.45) is 0 Å². The summed E-state index contributed by atoms with van der Waals surface area (Å²) in [4.78, 5) is 14.1. The summed E-state index contributed by atoms with van der Waals surface area (Å²) < 4.78 is 0. The highest BCUT2D eigenvalue weighted by molar-refractivity contribution is 6.30. The number of hydrogen-bond donors (Lipinski definition) is 0. The van der Waals surface area contributed by atoms with Gasteiger partial charge in [-0.2, -0.15) is 0 Å². The first kappa shape index (κ1) is 11.1. The summed E-state index contributed by atoms with van der Waals surface area (Å²) in [5.74, 6) is 0.413. The van der Waals surface area contributed by atoms with E-state index in [9.17, 15) is 4.79 Å². The van der Waals surface area contributed by atoms with Crippen LogP contribution in [0.2, 0.25) is 5.02 Å². The van der Waals surface area contributed by atoms with Crippen LogP contribution in [0, 0.1) is 0 Å². The SMILES string of the molecule is C[C@H]1CC(=O)C[C@@H]2CCc3cc(Cl)ccc3N21. The quantitative estimate of drug-likeness (QED) is 0.704. The van der Waals surface area contributed by atoms with Gasteiger partial charge in [-0.1, -0.05) is 11.6 Å². The van der Waals surface area contributed by atoms with E-state index in [4.69, 9.17) is 11.6 Å². The molecule has 3 rings (SSSR count). The van der Waals surface area contributed by atoms with Crippen LogP contribution < -0.4 is 4.90 Å². The van der Waals surface area contributed by atoms with Crippen molar-refractivity contribution in [3.05, 3.63) is 28.8 Å². The first-order chi connectivity index (χ1) is 8.15. The first-order valence-electron chi connectivity index (χ1n) is 6.23. The molecular weight excluding hydrogens is 234 g/mol. The molecule has 2 nitrogen and oxygen atoms in total. The number of carbonyl (C=O) groups excluding carboxylic acids is 1. The van der Waals surface area contributed by atoms with Gasteiger partial charge < -0.3 is 4.90 Å². The van der Waals surface area contributed by atoms with Crippen LogP contribution in [0.15, 0.2) is 18.2 Å². The molecule has 0 N–H and O–H groups in total. The highest BCUT2D eigenvalue weighted by atomic mass is 35.5. The normalized spacial score (nSPS) is 27.6. The summed E-state index contributed by atoms with van der Waals surface area (Å²) in [7, 11) is 0. The zero-order valence-corrected chi connectivity index (χ0v) is 10.7. The summed E-state index contributed by atoms with van der Waals surface area (Å²) in [5.41, 5.74) is 2.61. The summed E-state index contributed by atoms with van der Waals surface area (Å²) in [6.45, 7) is 2.15. The van der Waals surface area contributed by atoms with Crippen molar-refractivity contribution in [2.75, 3.05) is 4.90 Å². The fourth-order valence-corrected chi connectivity index (χ4v) is 3.43. The Morgan fingerprint density at radius 2 is 2.18 bits per heavy atom. The topological polar surface area (TPSA) is 20.3 Å². The molecule has 2 aliphatic rings. The smallest absolute Gasteiger partial charge is 0.136 e. The predicted molar refractivity (Wildman–Crippen MR) is 69.7 cm³/mol. The summed E-state index contributed by atoms with van der Waals surface area (Å²) >= 11 is 6.04. The minimum atomic E-state index is 0.321. The summed E-state index contributed by atoms with van der Waals surface area (Å²) in [5, 5.41) is 0.808. The molecule has 90 valence electrons. The number of nitrogens with zero attached hydrogens (tertiary/aromatic N) is 1. The lowest BCUT2D eigenvalue weighted by atomic mass is 9.86. The van der Waals surface area contributed by atoms with Crippen LogP contribution in [-0.2, 0) is 11.2 Å². The Morgan fingerprint density at radius 1 is 1.35 bits per heavy atom. The van der Waals surface area contributed by atoms with Crippen LogP contribution in [-0.4, -0.2) is 17.9 Å². The number of anilines is 1. The lowest BCUT2D eigenvalue weighted by molar-refractivity contribution is -0.120.